The highest BCUT2D eigenvalue weighted by Gasteiger charge is 2.42. The molecule has 0 saturated carbocycles. The van der Waals surface area contributed by atoms with Gasteiger partial charge in [-0.3, -0.25) is 0 Å². The van der Waals surface area contributed by atoms with Gasteiger partial charge < -0.3 is 0 Å². The first-order chi connectivity index (χ1) is 16.3. The summed E-state index contributed by atoms with van der Waals surface area (Å²) in [7, 11) is 0. The van der Waals surface area contributed by atoms with Gasteiger partial charge in [-0.1, -0.05) is 0 Å². The second-order valence-electron chi connectivity index (χ2n) is 6.40. The van der Waals surface area contributed by atoms with E-state index in [4.69, 9.17) is 15.8 Å². The Hall–Kier alpha value is -5.37. The molecule has 0 N–H and O–H groups in total. The van der Waals surface area contributed by atoms with Gasteiger partial charge in [-0.25, -0.2) is 4.39 Å². The van der Waals surface area contributed by atoms with Crippen LogP contribution in [0.5, 0.6) is 0 Å². The quantitative estimate of drug-likeness (QED) is 0.568. The lowest BCUT2D eigenvalue weighted by Gasteiger charge is -2.17. The van der Waals surface area contributed by atoms with Crippen LogP contribution in [0.2, 0.25) is 0 Å². The van der Waals surface area contributed by atoms with Crippen LogP contribution in [0.1, 0.15) is 33.4 Å². The molecule has 35 heavy (non-hydrogen) atoms. The van der Waals surface area contributed by atoms with Gasteiger partial charge in [0.25, 0.3) is 0 Å². The molecular weight excluding hydrogens is 481 g/mol. The minimum Gasteiger partial charge on any atom is -0.205 e. The van der Waals surface area contributed by atoms with E-state index < -0.39 is 73.1 Å². The molecule has 0 aliphatic rings. The van der Waals surface area contributed by atoms with Gasteiger partial charge in [-0.05, 0) is 23.8 Å². The van der Waals surface area contributed by atoms with Crippen molar-refractivity contribution < 1.29 is 30.7 Å². The molecule has 0 atom stereocenters. The molecular formula is C22H3F7N6. The molecule has 0 saturated heterocycles. The summed E-state index contributed by atoms with van der Waals surface area (Å²) >= 11 is 0. The van der Waals surface area contributed by atoms with Crippen LogP contribution in [0.25, 0.3) is 11.1 Å². The fourth-order valence-electron chi connectivity index (χ4n) is 3.06. The fraction of sp³-hybridized carbons (Fsp3) is 0.0909. The minimum absolute atomic E-state index is 0.0491. The van der Waals surface area contributed by atoms with E-state index in [1.165, 1.54) is 30.3 Å². The van der Waals surface area contributed by atoms with Crippen LogP contribution in [-0.4, -0.2) is 0 Å². The molecule has 0 spiro atoms. The van der Waals surface area contributed by atoms with Gasteiger partial charge in [0.2, 0.25) is 0 Å². The number of nitriles is 6. The van der Waals surface area contributed by atoms with Crippen molar-refractivity contribution in [1.82, 2.24) is 0 Å². The summed E-state index contributed by atoms with van der Waals surface area (Å²) in [6.45, 7) is 0. The predicted octanol–water partition coefficient (Wildman–Crippen LogP) is 3.40. The number of rotatable bonds is 1. The molecule has 0 amide bonds. The molecule has 170 valence electrons. The largest absolute Gasteiger partial charge is 0.417 e. The Morgan fingerprint density at radius 2 is 1.14 bits per heavy atom. The maximum atomic E-state index is 15.1. The highest BCUT2D eigenvalue weighted by Crippen LogP contribution is 2.40. The molecule has 0 heterocycles. The molecule has 2 rings (SSSR count). The highest BCUT2D eigenvalue weighted by atomic mass is 19.4. The molecule has 0 bridgehead atoms. The standard InChI is InChI=1S/C22H3F7N6/c23-20-15(8-34)13(1-11(4-30)19(20)12(5-31)6-32)14(7-33)10-2-17(21(24,25)26)16(9-35)18(3-10)22(27,28)29/h1-3H/b14-13-. The Morgan fingerprint density at radius 3 is 1.49 bits per heavy atom. The molecule has 0 aliphatic carbocycles. The van der Waals surface area contributed by atoms with Crippen molar-refractivity contribution in [2.75, 3.05) is 0 Å². The highest BCUT2D eigenvalue weighted by molar-refractivity contribution is 5.80. The van der Waals surface area contributed by atoms with Crippen LogP contribution >= 0.6 is 0 Å². The van der Waals surface area contributed by atoms with E-state index in [0.29, 0.717) is 6.07 Å². The van der Waals surface area contributed by atoms with E-state index >= 15 is 4.39 Å². The Labute approximate surface area is 190 Å². The predicted molar refractivity (Wildman–Crippen MR) is 99.0 cm³/mol. The van der Waals surface area contributed by atoms with Gasteiger partial charge in [0.15, 0.2) is 5.82 Å². The summed E-state index contributed by atoms with van der Waals surface area (Å²) in [5, 5.41) is 53.4. The van der Waals surface area contributed by atoms with Gasteiger partial charge >= 0.3 is 12.4 Å². The third-order valence-corrected chi connectivity index (χ3v) is 4.50. The monoisotopic (exact) mass is 484 g/mol. The lowest BCUT2D eigenvalue weighted by atomic mass is 9.91. The molecule has 0 fully saturated rings. The van der Waals surface area contributed by atoms with E-state index in [2.05, 4.69) is 0 Å². The lowest BCUT2D eigenvalue weighted by molar-refractivity contribution is -0.143. The number of nitrogens with zero attached hydrogens (tertiary/aromatic N) is 6. The van der Waals surface area contributed by atoms with Crippen LogP contribution < -0.4 is 10.4 Å². The van der Waals surface area contributed by atoms with Crippen LogP contribution in [-0.2, 0) is 12.4 Å². The van der Waals surface area contributed by atoms with Crippen molar-refractivity contribution in [2.24, 2.45) is 0 Å². The summed E-state index contributed by atoms with van der Waals surface area (Å²) in [4.78, 5) is 0. The van der Waals surface area contributed by atoms with Crippen LogP contribution in [0.15, 0.2) is 18.2 Å². The lowest BCUT2D eigenvalue weighted by Crippen LogP contribution is -2.26. The van der Waals surface area contributed by atoms with Crippen molar-refractivity contribution >= 4 is 11.1 Å². The zero-order valence-electron chi connectivity index (χ0n) is 16.6. The third kappa shape index (κ3) is 4.57. The van der Waals surface area contributed by atoms with E-state index in [1.807, 2.05) is 0 Å². The van der Waals surface area contributed by atoms with Gasteiger partial charge in [0.1, 0.15) is 35.9 Å². The molecule has 0 unspecified atom stereocenters. The second-order valence-corrected chi connectivity index (χ2v) is 6.40. The molecule has 2 aromatic carbocycles. The van der Waals surface area contributed by atoms with Gasteiger partial charge in [-0.15, -0.1) is 0 Å². The zero-order chi connectivity index (χ0) is 26.7. The number of hydrogen-bond donors (Lipinski definition) is 0. The summed E-state index contributed by atoms with van der Waals surface area (Å²) in [6, 6.07) is 8.07. The number of halogens is 7. The first kappa shape index (κ1) is 25.9. The zero-order valence-corrected chi connectivity index (χ0v) is 16.6. The smallest absolute Gasteiger partial charge is 0.205 e. The van der Waals surface area contributed by atoms with Gasteiger partial charge in [0, 0.05) is 5.22 Å². The Bertz CT molecular complexity index is 1590. The molecule has 2 aromatic rings. The van der Waals surface area contributed by atoms with E-state index in [1.54, 1.807) is 0 Å². The molecule has 0 aliphatic heterocycles. The van der Waals surface area contributed by atoms with Crippen molar-refractivity contribution in [3.8, 4) is 36.4 Å². The number of benzene rings is 2. The first-order valence-electron chi connectivity index (χ1n) is 8.65. The normalized spacial score (nSPS) is 11.6. The molecule has 0 aromatic heterocycles. The molecule has 13 heteroatoms. The third-order valence-electron chi connectivity index (χ3n) is 4.50. The van der Waals surface area contributed by atoms with Crippen molar-refractivity contribution in [1.29, 1.82) is 31.6 Å². The minimum atomic E-state index is -5.48. The SMILES string of the molecule is N#CC(C#N)=c1c(C#N)c/c(=C(\C#N)c2cc(C(F)(F)F)c(C#N)c(C(F)(F)F)c2)c(C#N)c1F. The van der Waals surface area contributed by atoms with E-state index in [-0.39, 0.29) is 12.1 Å². The fourth-order valence-corrected chi connectivity index (χ4v) is 3.06. The number of alkyl halides is 6. The topological polar surface area (TPSA) is 143 Å². The van der Waals surface area contributed by atoms with Crippen molar-refractivity contribution in [3.05, 3.63) is 67.8 Å². The summed E-state index contributed by atoms with van der Waals surface area (Å²) in [5.41, 5.74) is -10.9. The Balaban J connectivity index is 3.33. The van der Waals surface area contributed by atoms with Gasteiger partial charge in [0.05, 0.1) is 44.7 Å². The summed E-state index contributed by atoms with van der Waals surface area (Å²) in [6.07, 6.45) is -11.0. The van der Waals surface area contributed by atoms with Crippen molar-refractivity contribution in [2.45, 2.75) is 12.4 Å². The first-order valence-corrected chi connectivity index (χ1v) is 8.65. The average Bonchev–Trinajstić information content (AvgIpc) is 2.79. The Kier molecular flexibility index (Phi) is 6.84. The maximum absolute atomic E-state index is 15.1. The van der Waals surface area contributed by atoms with Crippen LogP contribution in [0.3, 0.4) is 0 Å². The van der Waals surface area contributed by atoms with E-state index in [9.17, 15) is 42.1 Å². The average molecular weight is 484 g/mol. The summed E-state index contributed by atoms with van der Waals surface area (Å²) < 4.78 is 95.9. The maximum Gasteiger partial charge on any atom is 0.417 e. The molecule has 6 nitrogen and oxygen atoms in total. The number of hydrogen-bond acceptors (Lipinski definition) is 6. The van der Waals surface area contributed by atoms with E-state index in [0.717, 1.165) is 6.07 Å². The second kappa shape index (κ2) is 9.24. The van der Waals surface area contributed by atoms with Crippen LogP contribution in [0, 0.1) is 73.8 Å². The van der Waals surface area contributed by atoms with Crippen molar-refractivity contribution in [3.63, 3.8) is 0 Å². The molecule has 0 radical (unpaired) electrons. The van der Waals surface area contributed by atoms with Crippen LogP contribution in [0.4, 0.5) is 30.7 Å². The Morgan fingerprint density at radius 1 is 0.657 bits per heavy atom. The van der Waals surface area contributed by atoms with Gasteiger partial charge in [-0.2, -0.15) is 57.9 Å². The summed E-state index contributed by atoms with van der Waals surface area (Å²) in [5.74, 6) is -1.66.